The van der Waals surface area contributed by atoms with Gasteiger partial charge in [-0.3, -0.25) is 4.79 Å². The Bertz CT molecular complexity index is 717. The van der Waals surface area contributed by atoms with Crippen LogP contribution in [-0.2, 0) is 11.3 Å². The SMILES string of the molecule is CCCCCCCCCCCC(=O)N[C@@H](CO)[C@H](O)/C=C/CCCCCCCCCCCCC[n+]1ccccc1.[Br-]. The van der Waals surface area contributed by atoms with E-state index in [1.807, 2.05) is 6.08 Å². The van der Waals surface area contributed by atoms with Crippen molar-refractivity contribution < 1.29 is 36.6 Å². The van der Waals surface area contributed by atoms with Gasteiger partial charge in [-0.15, -0.1) is 0 Å². The highest BCUT2D eigenvalue weighted by atomic mass is 79.9. The topological polar surface area (TPSA) is 73.4 Å². The molecule has 1 aromatic heterocycles. The molecule has 0 aliphatic rings. The van der Waals surface area contributed by atoms with Gasteiger partial charge >= 0.3 is 0 Å². The predicted octanol–water partition coefficient (Wildman–Crippen LogP) is 4.97. The molecule has 41 heavy (non-hydrogen) atoms. The van der Waals surface area contributed by atoms with Crippen molar-refractivity contribution in [1.82, 2.24) is 5.32 Å². The molecular weight excluding hydrogens is 576 g/mol. The number of unbranched alkanes of at least 4 members (excludes halogenated alkanes) is 19. The van der Waals surface area contributed by atoms with E-state index < -0.39 is 12.1 Å². The third-order valence-corrected chi connectivity index (χ3v) is 7.86. The fourth-order valence-electron chi connectivity index (χ4n) is 5.21. The number of rotatable bonds is 28. The van der Waals surface area contributed by atoms with Crippen LogP contribution in [0.15, 0.2) is 42.7 Å². The number of hydrogen-bond donors (Lipinski definition) is 3. The number of aryl methyl sites for hydroxylation is 1. The lowest BCUT2D eigenvalue weighted by atomic mass is 10.0. The first kappa shape index (κ1) is 39.8. The minimum Gasteiger partial charge on any atom is -1.00 e. The highest BCUT2D eigenvalue weighted by Gasteiger charge is 2.17. The average molecular weight is 640 g/mol. The van der Waals surface area contributed by atoms with E-state index in [4.69, 9.17) is 0 Å². The summed E-state index contributed by atoms with van der Waals surface area (Å²) in [5.74, 6) is -0.0726. The van der Waals surface area contributed by atoms with Gasteiger partial charge in [-0.25, -0.2) is 4.57 Å². The molecule has 238 valence electrons. The van der Waals surface area contributed by atoms with Crippen molar-refractivity contribution in [2.75, 3.05) is 6.61 Å². The van der Waals surface area contributed by atoms with E-state index in [1.165, 1.54) is 109 Å². The van der Waals surface area contributed by atoms with Crippen molar-refractivity contribution >= 4 is 5.91 Å². The van der Waals surface area contributed by atoms with Gasteiger partial charge in [-0.2, -0.15) is 0 Å². The highest BCUT2D eigenvalue weighted by Crippen LogP contribution is 2.13. The van der Waals surface area contributed by atoms with Crippen molar-refractivity contribution in [2.24, 2.45) is 0 Å². The van der Waals surface area contributed by atoms with Crippen LogP contribution >= 0.6 is 0 Å². The smallest absolute Gasteiger partial charge is 0.220 e. The number of carbonyl (C=O) groups is 1. The van der Waals surface area contributed by atoms with Crippen LogP contribution in [-0.4, -0.2) is 34.9 Å². The Hall–Kier alpha value is -1.24. The maximum atomic E-state index is 12.2. The second kappa shape index (κ2) is 30.2. The first-order valence-corrected chi connectivity index (χ1v) is 16.9. The fourth-order valence-corrected chi connectivity index (χ4v) is 5.21. The van der Waals surface area contributed by atoms with Gasteiger partial charge in [0, 0.05) is 25.0 Å². The lowest BCUT2D eigenvalue weighted by molar-refractivity contribution is -0.697. The van der Waals surface area contributed by atoms with E-state index in [0.29, 0.717) is 6.42 Å². The second-order valence-electron chi connectivity index (χ2n) is 11.6. The number of pyridine rings is 1. The van der Waals surface area contributed by atoms with E-state index in [-0.39, 0.29) is 29.5 Å². The van der Waals surface area contributed by atoms with Crippen molar-refractivity contribution in [2.45, 2.75) is 167 Å². The van der Waals surface area contributed by atoms with Gasteiger partial charge in [0.25, 0.3) is 0 Å². The quantitative estimate of drug-likeness (QED) is 0.0689. The normalized spacial score (nSPS) is 12.8. The number of aliphatic hydroxyl groups excluding tert-OH is 2. The molecule has 0 fully saturated rings. The lowest BCUT2D eigenvalue weighted by Crippen LogP contribution is -3.00. The Labute approximate surface area is 263 Å². The summed E-state index contributed by atoms with van der Waals surface area (Å²) in [5.41, 5.74) is 0. The van der Waals surface area contributed by atoms with Crippen LogP contribution in [0.1, 0.15) is 148 Å². The summed E-state index contributed by atoms with van der Waals surface area (Å²) >= 11 is 0. The van der Waals surface area contributed by atoms with Gasteiger partial charge in [0.1, 0.15) is 6.54 Å². The predicted molar refractivity (Wildman–Crippen MR) is 168 cm³/mol. The molecule has 0 bridgehead atoms. The second-order valence-corrected chi connectivity index (χ2v) is 11.6. The molecule has 0 radical (unpaired) electrons. The molecule has 3 N–H and O–H groups in total. The number of aliphatic hydroxyl groups is 2. The molecular formula is C35H63BrN2O3. The van der Waals surface area contributed by atoms with Crippen molar-refractivity contribution in [3.05, 3.63) is 42.7 Å². The molecule has 2 atom stereocenters. The number of amides is 1. The van der Waals surface area contributed by atoms with Gasteiger partial charge in [0.15, 0.2) is 12.4 Å². The lowest BCUT2D eigenvalue weighted by Gasteiger charge is -2.20. The van der Waals surface area contributed by atoms with E-state index in [9.17, 15) is 15.0 Å². The zero-order chi connectivity index (χ0) is 28.9. The number of nitrogens with one attached hydrogen (secondary N) is 1. The van der Waals surface area contributed by atoms with Gasteiger partial charge in [-0.1, -0.05) is 128 Å². The molecule has 0 aromatic carbocycles. The Morgan fingerprint density at radius 2 is 1.22 bits per heavy atom. The highest BCUT2D eigenvalue weighted by molar-refractivity contribution is 5.76. The Balaban J connectivity index is 0.0000160. The van der Waals surface area contributed by atoms with Crippen LogP contribution in [0, 0.1) is 0 Å². The van der Waals surface area contributed by atoms with Crippen LogP contribution < -0.4 is 26.9 Å². The molecule has 0 aliphatic heterocycles. The molecule has 1 heterocycles. The number of allylic oxidation sites excluding steroid dienone is 1. The summed E-state index contributed by atoms with van der Waals surface area (Å²) in [5, 5.41) is 22.8. The molecule has 5 nitrogen and oxygen atoms in total. The van der Waals surface area contributed by atoms with Crippen LogP contribution in [0.2, 0.25) is 0 Å². The summed E-state index contributed by atoms with van der Waals surface area (Å²) in [7, 11) is 0. The molecule has 6 heteroatoms. The first-order valence-electron chi connectivity index (χ1n) is 16.9. The maximum Gasteiger partial charge on any atom is 0.220 e. The van der Waals surface area contributed by atoms with Gasteiger partial charge in [-0.05, 0) is 25.7 Å². The van der Waals surface area contributed by atoms with Crippen molar-refractivity contribution in [3.63, 3.8) is 0 Å². The standard InChI is InChI=1S/C35H62N2O3.BrH/c1-2-3-4-5-6-12-16-19-23-28-35(40)36-33(32-38)34(39)27-22-18-15-13-10-8-7-9-11-14-17-20-24-29-37-30-25-21-26-31-37;/h21-22,25-27,30-31,33-34,38-39H,2-20,23-24,28-29,32H2,1H3;1H/b27-22+;/t33-,34+;/m0./s1. The van der Waals surface area contributed by atoms with E-state index in [2.05, 4.69) is 47.4 Å². The van der Waals surface area contributed by atoms with Crippen molar-refractivity contribution in [3.8, 4) is 0 Å². The molecule has 1 rings (SSSR count). The summed E-state index contributed by atoms with van der Waals surface area (Å²) in [6.07, 6.45) is 33.9. The zero-order valence-electron chi connectivity index (χ0n) is 26.3. The molecule has 0 unspecified atom stereocenters. The third-order valence-electron chi connectivity index (χ3n) is 7.86. The van der Waals surface area contributed by atoms with Crippen molar-refractivity contribution in [1.29, 1.82) is 0 Å². The summed E-state index contributed by atoms with van der Waals surface area (Å²) in [6, 6.07) is 5.64. The number of carbonyl (C=O) groups excluding carboxylic acids is 1. The number of halogens is 1. The first-order chi connectivity index (χ1) is 19.7. The van der Waals surface area contributed by atoms with Crippen LogP contribution in [0.25, 0.3) is 0 Å². The number of hydrogen-bond acceptors (Lipinski definition) is 3. The molecule has 0 saturated carbocycles. The number of aromatic nitrogens is 1. The Morgan fingerprint density at radius 1 is 0.732 bits per heavy atom. The van der Waals surface area contributed by atoms with E-state index >= 15 is 0 Å². The van der Waals surface area contributed by atoms with Crippen LogP contribution in [0.4, 0.5) is 0 Å². The largest absolute Gasteiger partial charge is 1.00 e. The Kier molecular flexibility index (Phi) is 29.3. The van der Waals surface area contributed by atoms with Gasteiger partial charge in [0.05, 0.1) is 18.8 Å². The molecule has 1 aromatic rings. The van der Waals surface area contributed by atoms with Crippen LogP contribution in [0.5, 0.6) is 0 Å². The molecule has 0 saturated heterocycles. The summed E-state index contributed by atoms with van der Waals surface area (Å²) in [6.45, 7) is 3.12. The number of nitrogens with zero attached hydrogens (tertiary/aromatic N) is 1. The zero-order valence-corrected chi connectivity index (χ0v) is 27.9. The molecule has 0 spiro atoms. The average Bonchev–Trinajstić information content (AvgIpc) is 2.97. The summed E-state index contributed by atoms with van der Waals surface area (Å²) < 4.78 is 2.27. The van der Waals surface area contributed by atoms with E-state index in [0.717, 1.165) is 32.2 Å². The van der Waals surface area contributed by atoms with Crippen LogP contribution in [0.3, 0.4) is 0 Å². The molecule has 1 amide bonds. The monoisotopic (exact) mass is 638 g/mol. The molecule has 0 aliphatic carbocycles. The minimum atomic E-state index is -0.839. The van der Waals surface area contributed by atoms with Gasteiger partial charge < -0.3 is 32.5 Å². The Morgan fingerprint density at radius 3 is 1.76 bits per heavy atom. The van der Waals surface area contributed by atoms with E-state index in [1.54, 1.807) is 6.08 Å². The fraction of sp³-hybridized carbons (Fsp3) is 0.771. The maximum absolute atomic E-state index is 12.2. The van der Waals surface area contributed by atoms with Gasteiger partial charge in [0.2, 0.25) is 5.91 Å². The third kappa shape index (κ3) is 25.0. The summed E-state index contributed by atoms with van der Waals surface area (Å²) in [4.78, 5) is 12.2. The minimum absolute atomic E-state index is 0.